The fraction of sp³-hybridized carbons (Fsp3) is 0.231. The maximum absolute atomic E-state index is 12.9. The highest BCUT2D eigenvalue weighted by atomic mass is 35.5. The summed E-state index contributed by atoms with van der Waals surface area (Å²) in [5.41, 5.74) is 1.21. The van der Waals surface area contributed by atoms with Crippen molar-refractivity contribution in [2.24, 2.45) is 0 Å². The van der Waals surface area contributed by atoms with E-state index < -0.39 is 0 Å². The summed E-state index contributed by atoms with van der Waals surface area (Å²) in [5, 5.41) is 0.534. The van der Waals surface area contributed by atoms with Crippen LogP contribution < -0.4 is 0 Å². The van der Waals surface area contributed by atoms with Crippen LogP contribution in [-0.4, -0.2) is 29.0 Å². The number of rotatable bonds is 3. The van der Waals surface area contributed by atoms with E-state index in [0.717, 1.165) is 0 Å². The molecule has 0 saturated carbocycles. The summed E-state index contributed by atoms with van der Waals surface area (Å²) in [7, 11) is 3.80. The van der Waals surface area contributed by atoms with Gasteiger partial charge in [0.05, 0.1) is 12.1 Å². The van der Waals surface area contributed by atoms with Gasteiger partial charge >= 0.3 is 0 Å². The molecule has 19 heavy (non-hydrogen) atoms. The van der Waals surface area contributed by atoms with Crippen molar-refractivity contribution >= 4 is 23.2 Å². The SMILES string of the molecule is CN(C)Cc1nc(Cl)c(-c2ccc(F)cc2)c(Cl)n1. The van der Waals surface area contributed by atoms with Gasteiger partial charge in [-0.3, -0.25) is 0 Å². The zero-order chi connectivity index (χ0) is 14.0. The van der Waals surface area contributed by atoms with Gasteiger partial charge in [-0.1, -0.05) is 35.3 Å². The molecule has 0 aliphatic heterocycles. The van der Waals surface area contributed by atoms with E-state index in [4.69, 9.17) is 23.2 Å². The van der Waals surface area contributed by atoms with E-state index in [1.165, 1.54) is 12.1 Å². The van der Waals surface area contributed by atoms with Crippen molar-refractivity contribution in [1.82, 2.24) is 14.9 Å². The van der Waals surface area contributed by atoms with Crippen molar-refractivity contribution in [2.75, 3.05) is 14.1 Å². The summed E-state index contributed by atoms with van der Waals surface area (Å²) < 4.78 is 12.9. The number of hydrogen-bond donors (Lipinski definition) is 0. The molecule has 0 aliphatic carbocycles. The second kappa shape index (κ2) is 5.82. The van der Waals surface area contributed by atoms with Gasteiger partial charge in [0.25, 0.3) is 0 Å². The standard InChI is InChI=1S/C13H12Cl2FN3/c1-19(2)7-10-17-12(14)11(13(15)18-10)8-3-5-9(16)6-4-8/h3-6H,7H2,1-2H3. The minimum absolute atomic E-state index is 0.267. The fourth-order valence-electron chi connectivity index (χ4n) is 1.66. The van der Waals surface area contributed by atoms with Crippen LogP contribution in [-0.2, 0) is 6.54 Å². The molecule has 0 atom stereocenters. The molecule has 1 aromatic heterocycles. The molecule has 2 aromatic rings. The molecule has 1 aromatic carbocycles. The molecule has 6 heteroatoms. The molecule has 0 radical (unpaired) electrons. The van der Waals surface area contributed by atoms with Gasteiger partial charge in [0.2, 0.25) is 0 Å². The highest BCUT2D eigenvalue weighted by Gasteiger charge is 2.14. The van der Waals surface area contributed by atoms with Gasteiger partial charge in [-0.15, -0.1) is 0 Å². The lowest BCUT2D eigenvalue weighted by atomic mass is 10.1. The summed E-state index contributed by atoms with van der Waals surface area (Å²) in [5.74, 6) is 0.229. The van der Waals surface area contributed by atoms with E-state index in [2.05, 4.69) is 9.97 Å². The second-order valence-electron chi connectivity index (χ2n) is 4.34. The average molecular weight is 300 g/mol. The van der Waals surface area contributed by atoms with Gasteiger partial charge < -0.3 is 4.90 Å². The molecule has 0 amide bonds. The van der Waals surface area contributed by atoms with Crippen LogP contribution in [0.25, 0.3) is 11.1 Å². The Morgan fingerprint density at radius 1 is 1.05 bits per heavy atom. The lowest BCUT2D eigenvalue weighted by Gasteiger charge is -2.11. The summed E-state index contributed by atoms with van der Waals surface area (Å²) in [6.07, 6.45) is 0. The first kappa shape index (κ1) is 14.2. The number of aromatic nitrogens is 2. The molecular formula is C13H12Cl2FN3. The topological polar surface area (TPSA) is 29.0 Å². The molecule has 0 fully saturated rings. The summed E-state index contributed by atoms with van der Waals surface area (Å²) >= 11 is 12.3. The van der Waals surface area contributed by atoms with Gasteiger partial charge in [0, 0.05) is 0 Å². The minimum Gasteiger partial charge on any atom is -0.302 e. The normalized spacial score (nSPS) is 11.1. The van der Waals surface area contributed by atoms with Crippen molar-refractivity contribution in [1.29, 1.82) is 0 Å². The molecule has 0 saturated heterocycles. The maximum atomic E-state index is 12.9. The Morgan fingerprint density at radius 2 is 1.58 bits per heavy atom. The van der Waals surface area contributed by atoms with Crippen LogP contribution in [0, 0.1) is 5.82 Å². The molecule has 0 unspecified atom stereocenters. The van der Waals surface area contributed by atoms with E-state index in [1.54, 1.807) is 12.1 Å². The first-order chi connectivity index (χ1) is 8.97. The largest absolute Gasteiger partial charge is 0.302 e. The number of nitrogens with zero attached hydrogens (tertiary/aromatic N) is 3. The number of hydrogen-bond acceptors (Lipinski definition) is 3. The third-order valence-corrected chi connectivity index (χ3v) is 3.00. The Morgan fingerprint density at radius 3 is 2.05 bits per heavy atom. The van der Waals surface area contributed by atoms with Crippen LogP contribution in [0.3, 0.4) is 0 Å². The summed E-state index contributed by atoms with van der Waals surface area (Å²) in [6.45, 7) is 0.545. The first-order valence-electron chi connectivity index (χ1n) is 5.60. The van der Waals surface area contributed by atoms with E-state index in [0.29, 0.717) is 23.5 Å². The summed E-state index contributed by atoms with van der Waals surface area (Å²) in [6, 6.07) is 5.88. The lowest BCUT2D eigenvalue weighted by Crippen LogP contribution is -2.13. The van der Waals surface area contributed by atoms with Gasteiger partial charge in [-0.05, 0) is 31.8 Å². The molecule has 1 heterocycles. The molecule has 100 valence electrons. The maximum Gasteiger partial charge on any atom is 0.145 e. The first-order valence-corrected chi connectivity index (χ1v) is 6.35. The Hall–Kier alpha value is -1.23. The van der Waals surface area contributed by atoms with Gasteiger partial charge in [0.1, 0.15) is 21.9 Å². The molecule has 0 bridgehead atoms. The molecule has 0 N–H and O–H groups in total. The van der Waals surface area contributed by atoms with Crippen molar-refractivity contribution < 1.29 is 4.39 Å². The van der Waals surface area contributed by atoms with Crippen LogP contribution in [0.5, 0.6) is 0 Å². The van der Waals surface area contributed by atoms with Crippen molar-refractivity contribution in [3.05, 3.63) is 46.2 Å². The van der Waals surface area contributed by atoms with Crippen LogP contribution in [0.2, 0.25) is 10.3 Å². The van der Waals surface area contributed by atoms with Crippen LogP contribution in [0.15, 0.2) is 24.3 Å². The Balaban J connectivity index is 2.44. The van der Waals surface area contributed by atoms with E-state index >= 15 is 0 Å². The van der Waals surface area contributed by atoms with Crippen molar-refractivity contribution in [2.45, 2.75) is 6.54 Å². The fourth-order valence-corrected chi connectivity index (χ4v) is 2.30. The van der Waals surface area contributed by atoms with E-state index in [1.807, 2.05) is 19.0 Å². The molecule has 2 rings (SSSR count). The van der Waals surface area contributed by atoms with Gasteiger partial charge in [0.15, 0.2) is 0 Å². The highest BCUT2D eigenvalue weighted by molar-refractivity contribution is 6.37. The molecule has 3 nitrogen and oxygen atoms in total. The zero-order valence-corrected chi connectivity index (χ0v) is 12.0. The van der Waals surface area contributed by atoms with Crippen molar-refractivity contribution in [3.8, 4) is 11.1 Å². The third-order valence-electron chi connectivity index (χ3n) is 2.46. The Labute approximate surface area is 121 Å². The number of benzene rings is 1. The van der Waals surface area contributed by atoms with E-state index in [-0.39, 0.29) is 16.1 Å². The molecular weight excluding hydrogens is 288 g/mol. The zero-order valence-electron chi connectivity index (χ0n) is 10.5. The van der Waals surface area contributed by atoms with Crippen molar-refractivity contribution in [3.63, 3.8) is 0 Å². The predicted molar refractivity (Wildman–Crippen MR) is 74.8 cm³/mol. The predicted octanol–water partition coefficient (Wildman–Crippen LogP) is 3.65. The van der Waals surface area contributed by atoms with Crippen LogP contribution >= 0.6 is 23.2 Å². The highest BCUT2D eigenvalue weighted by Crippen LogP contribution is 2.32. The molecule has 0 spiro atoms. The Kier molecular flexibility index (Phi) is 4.34. The van der Waals surface area contributed by atoms with E-state index in [9.17, 15) is 4.39 Å². The van der Waals surface area contributed by atoms with Gasteiger partial charge in [-0.2, -0.15) is 0 Å². The van der Waals surface area contributed by atoms with Gasteiger partial charge in [-0.25, -0.2) is 14.4 Å². The molecule has 0 aliphatic rings. The summed E-state index contributed by atoms with van der Waals surface area (Å²) in [4.78, 5) is 10.3. The average Bonchev–Trinajstić information content (AvgIpc) is 2.29. The van der Waals surface area contributed by atoms with Crippen LogP contribution in [0.1, 0.15) is 5.82 Å². The Bertz CT molecular complexity index is 562. The quantitative estimate of drug-likeness (QED) is 0.810. The smallest absolute Gasteiger partial charge is 0.145 e. The lowest BCUT2D eigenvalue weighted by molar-refractivity contribution is 0.390. The number of halogens is 3. The minimum atomic E-state index is -0.318. The monoisotopic (exact) mass is 299 g/mol. The second-order valence-corrected chi connectivity index (χ2v) is 5.06. The van der Waals surface area contributed by atoms with Crippen LogP contribution in [0.4, 0.5) is 4.39 Å². The third kappa shape index (κ3) is 3.41.